The number of benzene rings is 2. The zero-order valence-corrected chi connectivity index (χ0v) is 10.9. The quantitative estimate of drug-likeness (QED) is 0.722. The van der Waals surface area contributed by atoms with Crippen molar-refractivity contribution in [1.82, 2.24) is 9.55 Å². The van der Waals surface area contributed by atoms with Crippen molar-refractivity contribution < 1.29 is 4.39 Å². The van der Waals surface area contributed by atoms with Crippen LogP contribution in [0.2, 0.25) is 0 Å². The summed E-state index contributed by atoms with van der Waals surface area (Å²) in [6.45, 7) is 0. The smallest absolute Gasteiger partial charge is 0.128 e. The topological polar surface area (TPSA) is 65.4 Å². The van der Waals surface area contributed by atoms with Gasteiger partial charge in [-0.3, -0.25) is 4.57 Å². The summed E-state index contributed by atoms with van der Waals surface area (Å²) in [4.78, 5) is 4.41. The van der Waals surface area contributed by atoms with Crippen molar-refractivity contribution in [2.45, 2.75) is 6.42 Å². The number of nitriles is 2. The lowest BCUT2D eigenvalue weighted by Crippen LogP contribution is -2.03. The second kappa shape index (κ2) is 5.07. The van der Waals surface area contributed by atoms with E-state index in [1.807, 2.05) is 30.3 Å². The molecule has 100 valence electrons. The van der Waals surface area contributed by atoms with E-state index in [0.29, 0.717) is 11.5 Å². The van der Waals surface area contributed by atoms with E-state index in [4.69, 9.17) is 5.26 Å². The maximum absolute atomic E-state index is 13.3. The average Bonchev–Trinajstić information content (AvgIpc) is 2.85. The highest BCUT2D eigenvalue weighted by atomic mass is 19.1. The average molecular weight is 276 g/mol. The van der Waals surface area contributed by atoms with Crippen LogP contribution in [0.25, 0.3) is 16.7 Å². The molecule has 3 aromatic rings. The predicted molar refractivity (Wildman–Crippen MR) is 75.1 cm³/mol. The van der Waals surface area contributed by atoms with E-state index in [9.17, 15) is 9.65 Å². The molecule has 0 radical (unpaired) electrons. The molecule has 0 aliphatic heterocycles. The fourth-order valence-corrected chi connectivity index (χ4v) is 2.33. The van der Waals surface area contributed by atoms with Crippen LogP contribution in [-0.4, -0.2) is 9.55 Å². The number of fused-ring (bicyclic) bond motifs is 1. The summed E-state index contributed by atoms with van der Waals surface area (Å²) in [7, 11) is 0. The van der Waals surface area contributed by atoms with Gasteiger partial charge in [0.05, 0.1) is 34.8 Å². The zero-order chi connectivity index (χ0) is 14.8. The molecular weight excluding hydrogens is 267 g/mol. The normalized spacial score (nSPS) is 10.2. The van der Waals surface area contributed by atoms with Crippen molar-refractivity contribution in [3.05, 3.63) is 59.7 Å². The molecule has 2 aromatic carbocycles. The van der Waals surface area contributed by atoms with Gasteiger partial charge in [0.25, 0.3) is 0 Å². The second-order valence-electron chi connectivity index (χ2n) is 4.46. The van der Waals surface area contributed by atoms with Gasteiger partial charge in [0.2, 0.25) is 0 Å². The fraction of sp³-hybridized carbons (Fsp3) is 0.0625. The van der Waals surface area contributed by atoms with Crippen LogP contribution in [0, 0.1) is 28.5 Å². The number of para-hydroxylation sites is 2. The third-order valence-corrected chi connectivity index (χ3v) is 3.19. The van der Waals surface area contributed by atoms with Crippen LogP contribution in [0.15, 0.2) is 42.5 Å². The molecule has 0 unspecified atom stereocenters. The van der Waals surface area contributed by atoms with Gasteiger partial charge in [-0.15, -0.1) is 0 Å². The summed E-state index contributed by atoms with van der Waals surface area (Å²) in [6, 6.07) is 15.5. The molecule has 4 nitrogen and oxygen atoms in total. The number of hydrogen-bond acceptors (Lipinski definition) is 3. The third-order valence-electron chi connectivity index (χ3n) is 3.19. The Balaban J connectivity index is 2.37. The first-order valence-corrected chi connectivity index (χ1v) is 6.28. The Hall–Kier alpha value is -3.18. The van der Waals surface area contributed by atoms with Crippen molar-refractivity contribution in [3.63, 3.8) is 0 Å². The van der Waals surface area contributed by atoms with E-state index in [1.165, 1.54) is 18.2 Å². The molecule has 1 aromatic heterocycles. The molecule has 0 amide bonds. The first-order chi connectivity index (χ1) is 10.2. The van der Waals surface area contributed by atoms with Gasteiger partial charge in [0.1, 0.15) is 17.7 Å². The minimum Gasteiger partial charge on any atom is -0.294 e. The number of halogens is 1. The highest BCUT2D eigenvalue weighted by Gasteiger charge is 2.15. The Bertz CT molecular complexity index is 912. The highest BCUT2D eigenvalue weighted by molar-refractivity contribution is 5.79. The van der Waals surface area contributed by atoms with Crippen LogP contribution in [-0.2, 0) is 6.42 Å². The molecule has 1 heterocycles. The van der Waals surface area contributed by atoms with Crippen LogP contribution < -0.4 is 0 Å². The molecular formula is C16H9FN4. The Morgan fingerprint density at radius 1 is 1.14 bits per heavy atom. The van der Waals surface area contributed by atoms with Gasteiger partial charge in [-0.2, -0.15) is 10.5 Å². The maximum Gasteiger partial charge on any atom is 0.128 e. The van der Waals surface area contributed by atoms with Crippen LogP contribution in [0.5, 0.6) is 0 Å². The minimum absolute atomic E-state index is 0.108. The first-order valence-electron chi connectivity index (χ1n) is 6.28. The summed E-state index contributed by atoms with van der Waals surface area (Å²) in [5, 5.41) is 18.2. The summed E-state index contributed by atoms with van der Waals surface area (Å²) in [6.07, 6.45) is 0.108. The van der Waals surface area contributed by atoms with Crippen LogP contribution in [0.3, 0.4) is 0 Å². The van der Waals surface area contributed by atoms with Gasteiger partial charge >= 0.3 is 0 Å². The van der Waals surface area contributed by atoms with Gasteiger partial charge in [-0.1, -0.05) is 12.1 Å². The molecule has 0 N–H and O–H groups in total. The van der Waals surface area contributed by atoms with E-state index in [-0.39, 0.29) is 12.0 Å². The Kier molecular flexibility index (Phi) is 3.10. The molecule has 5 heteroatoms. The van der Waals surface area contributed by atoms with Gasteiger partial charge in [0.15, 0.2) is 0 Å². The summed E-state index contributed by atoms with van der Waals surface area (Å²) in [5.41, 5.74) is 2.25. The Labute approximate surface area is 120 Å². The monoisotopic (exact) mass is 276 g/mol. The number of nitrogens with zero attached hydrogens (tertiary/aromatic N) is 4. The van der Waals surface area contributed by atoms with E-state index in [1.54, 1.807) is 4.57 Å². The molecule has 3 rings (SSSR count). The molecule has 0 spiro atoms. The van der Waals surface area contributed by atoms with Crippen molar-refractivity contribution in [2.24, 2.45) is 0 Å². The highest BCUT2D eigenvalue weighted by Crippen LogP contribution is 2.24. The minimum atomic E-state index is -0.471. The van der Waals surface area contributed by atoms with Crippen molar-refractivity contribution in [3.8, 4) is 17.8 Å². The standard InChI is InChI=1S/C16H9FN4/c17-12-5-6-14(11(9-12)10-19)21-15-4-2-1-3-13(15)20-16(21)7-8-18/h1-6,9H,7H2. The molecule has 0 atom stereocenters. The van der Waals surface area contributed by atoms with E-state index < -0.39 is 5.82 Å². The molecule has 0 aliphatic rings. The molecule has 0 saturated carbocycles. The van der Waals surface area contributed by atoms with Gasteiger partial charge in [0, 0.05) is 0 Å². The Morgan fingerprint density at radius 3 is 2.71 bits per heavy atom. The lowest BCUT2D eigenvalue weighted by molar-refractivity contribution is 0.627. The molecule has 0 aliphatic carbocycles. The number of imidazole rings is 1. The van der Waals surface area contributed by atoms with Crippen LogP contribution >= 0.6 is 0 Å². The number of aromatic nitrogens is 2. The maximum atomic E-state index is 13.3. The zero-order valence-electron chi connectivity index (χ0n) is 10.9. The van der Waals surface area contributed by atoms with Gasteiger partial charge in [-0.25, -0.2) is 9.37 Å². The van der Waals surface area contributed by atoms with Crippen molar-refractivity contribution >= 4 is 11.0 Å². The molecule has 21 heavy (non-hydrogen) atoms. The van der Waals surface area contributed by atoms with Crippen LogP contribution in [0.4, 0.5) is 4.39 Å². The molecule has 0 saturated heterocycles. The van der Waals surface area contributed by atoms with Crippen molar-refractivity contribution in [2.75, 3.05) is 0 Å². The largest absolute Gasteiger partial charge is 0.294 e. The van der Waals surface area contributed by atoms with E-state index in [0.717, 1.165) is 11.0 Å². The van der Waals surface area contributed by atoms with Crippen LogP contribution in [0.1, 0.15) is 11.4 Å². The summed E-state index contributed by atoms with van der Waals surface area (Å²) in [5.74, 6) is 0.0587. The van der Waals surface area contributed by atoms with E-state index in [2.05, 4.69) is 11.1 Å². The first kappa shape index (κ1) is 12.8. The van der Waals surface area contributed by atoms with Gasteiger partial charge in [-0.05, 0) is 30.3 Å². The number of hydrogen-bond donors (Lipinski definition) is 0. The number of rotatable bonds is 2. The third kappa shape index (κ3) is 2.11. The van der Waals surface area contributed by atoms with E-state index >= 15 is 0 Å². The lowest BCUT2D eigenvalue weighted by atomic mass is 10.1. The lowest BCUT2D eigenvalue weighted by Gasteiger charge is -2.09. The summed E-state index contributed by atoms with van der Waals surface area (Å²) < 4.78 is 15.0. The fourth-order valence-electron chi connectivity index (χ4n) is 2.33. The van der Waals surface area contributed by atoms with Gasteiger partial charge < -0.3 is 0 Å². The molecule has 0 fully saturated rings. The second-order valence-corrected chi connectivity index (χ2v) is 4.46. The Morgan fingerprint density at radius 2 is 1.95 bits per heavy atom. The SMILES string of the molecule is N#CCc1nc2ccccc2n1-c1ccc(F)cc1C#N. The summed E-state index contributed by atoms with van der Waals surface area (Å²) >= 11 is 0. The predicted octanol–water partition coefficient (Wildman–Crippen LogP) is 3.10. The van der Waals surface area contributed by atoms with Crippen molar-refractivity contribution in [1.29, 1.82) is 10.5 Å². The molecule has 0 bridgehead atoms.